The highest BCUT2D eigenvalue weighted by molar-refractivity contribution is 5.85. The number of ether oxygens (including phenoxy) is 1. The van der Waals surface area contributed by atoms with Crippen LogP contribution in [0.25, 0.3) is 0 Å². The fourth-order valence-electron chi connectivity index (χ4n) is 2.17. The Bertz CT molecular complexity index is 406. The fourth-order valence-corrected chi connectivity index (χ4v) is 2.17. The molecule has 1 unspecified atom stereocenters. The normalized spacial score (nSPS) is 17.4. The average molecular weight is 234 g/mol. The number of nitrogens with two attached hydrogens (primary N) is 1. The molecule has 0 fully saturated rings. The minimum atomic E-state index is -0.169. The summed E-state index contributed by atoms with van der Waals surface area (Å²) in [5.41, 5.74) is 6.50. The zero-order chi connectivity index (χ0) is 12.3. The summed E-state index contributed by atoms with van der Waals surface area (Å²) in [6.07, 6.45) is 0. The molecule has 92 valence electrons. The average Bonchev–Trinajstić information content (AvgIpc) is 2.79. The molecule has 0 aliphatic carbocycles. The van der Waals surface area contributed by atoms with Crippen LogP contribution in [-0.4, -0.2) is 37.0 Å². The van der Waals surface area contributed by atoms with Crippen molar-refractivity contribution >= 4 is 5.91 Å². The van der Waals surface area contributed by atoms with Gasteiger partial charge >= 0.3 is 0 Å². The van der Waals surface area contributed by atoms with Crippen molar-refractivity contribution in [2.45, 2.75) is 12.8 Å². The summed E-state index contributed by atoms with van der Waals surface area (Å²) in [4.78, 5) is 14.1. The molecule has 0 saturated heterocycles. The van der Waals surface area contributed by atoms with Crippen molar-refractivity contribution in [3.63, 3.8) is 0 Å². The fraction of sp³-hybridized carbons (Fsp3) is 0.462. The SMILES string of the molecule is CCN(CCN)C(=O)C1COc2ccccc21. The third-order valence-corrected chi connectivity index (χ3v) is 3.09. The summed E-state index contributed by atoms with van der Waals surface area (Å²) in [6.45, 7) is 4.20. The van der Waals surface area contributed by atoms with E-state index < -0.39 is 0 Å². The summed E-state index contributed by atoms with van der Waals surface area (Å²) in [6, 6.07) is 7.72. The van der Waals surface area contributed by atoms with Crippen LogP contribution in [0.3, 0.4) is 0 Å². The van der Waals surface area contributed by atoms with Crippen LogP contribution in [-0.2, 0) is 4.79 Å². The summed E-state index contributed by atoms with van der Waals surface area (Å²) in [7, 11) is 0. The Hall–Kier alpha value is -1.55. The molecule has 1 aliphatic heterocycles. The molecule has 0 spiro atoms. The lowest BCUT2D eigenvalue weighted by Gasteiger charge is -2.23. The third-order valence-electron chi connectivity index (χ3n) is 3.09. The van der Waals surface area contributed by atoms with E-state index in [4.69, 9.17) is 10.5 Å². The van der Waals surface area contributed by atoms with Crippen molar-refractivity contribution in [2.75, 3.05) is 26.2 Å². The molecule has 17 heavy (non-hydrogen) atoms. The molecule has 2 rings (SSSR count). The van der Waals surface area contributed by atoms with E-state index >= 15 is 0 Å². The number of para-hydroxylation sites is 1. The van der Waals surface area contributed by atoms with E-state index in [1.807, 2.05) is 31.2 Å². The van der Waals surface area contributed by atoms with Crippen LogP contribution in [0.1, 0.15) is 18.4 Å². The topological polar surface area (TPSA) is 55.6 Å². The number of nitrogens with zero attached hydrogens (tertiary/aromatic N) is 1. The van der Waals surface area contributed by atoms with Gasteiger partial charge in [-0.25, -0.2) is 0 Å². The first-order valence-corrected chi connectivity index (χ1v) is 5.98. The van der Waals surface area contributed by atoms with Gasteiger partial charge in [-0.05, 0) is 13.0 Å². The third kappa shape index (κ3) is 2.26. The Morgan fingerprint density at radius 2 is 2.29 bits per heavy atom. The molecule has 1 aromatic carbocycles. The van der Waals surface area contributed by atoms with Crippen LogP contribution in [0.4, 0.5) is 0 Å². The van der Waals surface area contributed by atoms with Crippen molar-refractivity contribution in [3.05, 3.63) is 29.8 Å². The van der Waals surface area contributed by atoms with Crippen LogP contribution in [0, 0.1) is 0 Å². The molecule has 4 heteroatoms. The maximum absolute atomic E-state index is 12.3. The number of carbonyl (C=O) groups excluding carboxylic acids is 1. The van der Waals surface area contributed by atoms with Crippen molar-refractivity contribution in [2.24, 2.45) is 5.73 Å². The maximum Gasteiger partial charge on any atom is 0.233 e. The molecule has 1 aromatic rings. The summed E-state index contributed by atoms with van der Waals surface area (Å²) in [5, 5.41) is 0. The number of carbonyl (C=O) groups is 1. The Morgan fingerprint density at radius 1 is 1.53 bits per heavy atom. The van der Waals surface area contributed by atoms with E-state index in [2.05, 4.69) is 0 Å². The second-order valence-electron chi connectivity index (χ2n) is 4.11. The summed E-state index contributed by atoms with van der Waals surface area (Å²) < 4.78 is 5.53. The van der Waals surface area contributed by atoms with E-state index in [0.717, 1.165) is 11.3 Å². The number of amides is 1. The molecule has 1 heterocycles. The van der Waals surface area contributed by atoms with Crippen LogP contribution < -0.4 is 10.5 Å². The van der Waals surface area contributed by atoms with Gasteiger partial charge in [0.05, 0.1) is 0 Å². The molecule has 1 amide bonds. The lowest BCUT2D eigenvalue weighted by Crippen LogP contribution is -2.38. The molecule has 0 radical (unpaired) electrons. The summed E-state index contributed by atoms with van der Waals surface area (Å²) in [5.74, 6) is 0.773. The Balaban J connectivity index is 2.16. The quantitative estimate of drug-likeness (QED) is 0.844. The van der Waals surface area contributed by atoms with Gasteiger partial charge in [-0.15, -0.1) is 0 Å². The lowest BCUT2D eigenvalue weighted by atomic mass is 10.00. The number of hydrogen-bond acceptors (Lipinski definition) is 3. The van der Waals surface area contributed by atoms with Gasteiger partial charge in [-0.2, -0.15) is 0 Å². The van der Waals surface area contributed by atoms with E-state index in [9.17, 15) is 4.79 Å². The van der Waals surface area contributed by atoms with Crippen molar-refractivity contribution < 1.29 is 9.53 Å². The number of fused-ring (bicyclic) bond motifs is 1. The minimum absolute atomic E-state index is 0.114. The van der Waals surface area contributed by atoms with Crippen molar-refractivity contribution in [1.29, 1.82) is 0 Å². The molecule has 0 bridgehead atoms. The predicted molar refractivity (Wildman–Crippen MR) is 66.0 cm³/mol. The van der Waals surface area contributed by atoms with Gasteiger partial charge in [-0.3, -0.25) is 4.79 Å². The van der Waals surface area contributed by atoms with Gasteiger partial charge in [-0.1, -0.05) is 18.2 Å². The van der Waals surface area contributed by atoms with Crippen LogP contribution >= 0.6 is 0 Å². The monoisotopic (exact) mass is 234 g/mol. The van der Waals surface area contributed by atoms with E-state index in [0.29, 0.717) is 26.2 Å². The number of likely N-dealkylation sites (N-methyl/N-ethyl adjacent to an activating group) is 1. The second-order valence-corrected chi connectivity index (χ2v) is 4.11. The molecule has 2 N–H and O–H groups in total. The first-order valence-electron chi connectivity index (χ1n) is 5.98. The van der Waals surface area contributed by atoms with Crippen LogP contribution in [0.5, 0.6) is 5.75 Å². The number of hydrogen-bond donors (Lipinski definition) is 1. The van der Waals surface area contributed by atoms with E-state index in [1.54, 1.807) is 4.90 Å². The zero-order valence-corrected chi connectivity index (χ0v) is 10.1. The van der Waals surface area contributed by atoms with Crippen molar-refractivity contribution in [3.8, 4) is 5.75 Å². The zero-order valence-electron chi connectivity index (χ0n) is 10.1. The predicted octanol–water partition coefficient (Wildman–Crippen LogP) is 0.970. The second kappa shape index (κ2) is 5.19. The Labute approximate surface area is 101 Å². The van der Waals surface area contributed by atoms with E-state index in [-0.39, 0.29) is 11.8 Å². The first kappa shape index (κ1) is 11.9. The molecular formula is C13H18N2O2. The molecule has 0 saturated carbocycles. The minimum Gasteiger partial charge on any atom is -0.492 e. The Morgan fingerprint density at radius 3 is 3.00 bits per heavy atom. The van der Waals surface area contributed by atoms with Gasteiger partial charge in [0.15, 0.2) is 0 Å². The van der Waals surface area contributed by atoms with Crippen LogP contribution in [0.2, 0.25) is 0 Å². The number of rotatable bonds is 4. The highest BCUT2D eigenvalue weighted by Gasteiger charge is 2.32. The van der Waals surface area contributed by atoms with Gasteiger partial charge in [0, 0.05) is 25.2 Å². The standard InChI is InChI=1S/C13H18N2O2/c1-2-15(8-7-14)13(16)11-9-17-12-6-4-3-5-10(11)12/h3-6,11H,2,7-9,14H2,1H3. The molecule has 1 atom stereocenters. The molecule has 4 nitrogen and oxygen atoms in total. The van der Waals surface area contributed by atoms with E-state index in [1.165, 1.54) is 0 Å². The highest BCUT2D eigenvalue weighted by atomic mass is 16.5. The van der Waals surface area contributed by atoms with Gasteiger partial charge in [0.1, 0.15) is 18.3 Å². The van der Waals surface area contributed by atoms with Crippen molar-refractivity contribution in [1.82, 2.24) is 4.90 Å². The summed E-state index contributed by atoms with van der Waals surface area (Å²) >= 11 is 0. The molecular weight excluding hydrogens is 216 g/mol. The van der Waals surface area contributed by atoms with Gasteiger partial charge in [0.25, 0.3) is 0 Å². The maximum atomic E-state index is 12.3. The van der Waals surface area contributed by atoms with Crippen LogP contribution in [0.15, 0.2) is 24.3 Å². The van der Waals surface area contributed by atoms with Gasteiger partial charge in [0.2, 0.25) is 5.91 Å². The molecule has 1 aliphatic rings. The Kier molecular flexibility index (Phi) is 3.64. The smallest absolute Gasteiger partial charge is 0.233 e. The highest BCUT2D eigenvalue weighted by Crippen LogP contribution is 2.34. The van der Waals surface area contributed by atoms with Gasteiger partial charge < -0.3 is 15.4 Å². The lowest BCUT2D eigenvalue weighted by molar-refractivity contribution is -0.132. The molecule has 0 aromatic heterocycles. The first-order chi connectivity index (χ1) is 8.27. The largest absolute Gasteiger partial charge is 0.492 e. The number of benzene rings is 1.